The third-order valence-electron chi connectivity index (χ3n) is 3.73. The van der Waals surface area contributed by atoms with Crippen LogP contribution in [-0.2, 0) is 9.84 Å². The number of hydrogen-bond donors (Lipinski definition) is 2. The van der Waals surface area contributed by atoms with Crippen molar-refractivity contribution >= 4 is 21.6 Å². The number of sulfone groups is 1. The minimum atomic E-state index is -3.03. The van der Waals surface area contributed by atoms with E-state index in [0.717, 1.165) is 12.8 Å². The molecule has 4 nitrogen and oxygen atoms in total. The van der Waals surface area contributed by atoms with Gasteiger partial charge in [-0.15, -0.1) is 0 Å². The molecular formula is C11H21NO3S2. The molecule has 0 spiro atoms. The Morgan fingerprint density at radius 2 is 2.06 bits per heavy atom. The van der Waals surface area contributed by atoms with Crippen LogP contribution in [0.1, 0.15) is 25.7 Å². The maximum Gasteiger partial charge on any atom is 0.154 e. The molecule has 1 saturated heterocycles. The highest BCUT2D eigenvalue weighted by atomic mass is 32.2. The summed E-state index contributed by atoms with van der Waals surface area (Å²) < 4.78 is 22.8. The monoisotopic (exact) mass is 279 g/mol. The summed E-state index contributed by atoms with van der Waals surface area (Å²) in [6.07, 6.45) is 6.03. The molecule has 0 radical (unpaired) electrons. The molecule has 0 bridgehead atoms. The van der Waals surface area contributed by atoms with Crippen molar-refractivity contribution in [3.63, 3.8) is 0 Å². The van der Waals surface area contributed by atoms with Crippen molar-refractivity contribution in [3.8, 4) is 0 Å². The zero-order valence-electron chi connectivity index (χ0n) is 10.1. The molecule has 0 aromatic carbocycles. The van der Waals surface area contributed by atoms with Crippen LogP contribution < -0.4 is 5.32 Å². The van der Waals surface area contributed by atoms with Crippen LogP contribution in [0.4, 0.5) is 0 Å². The van der Waals surface area contributed by atoms with Gasteiger partial charge in [-0.1, -0.05) is 6.42 Å². The quantitative estimate of drug-likeness (QED) is 0.783. The van der Waals surface area contributed by atoms with Gasteiger partial charge in [0, 0.05) is 17.3 Å². The lowest BCUT2D eigenvalue weighted by molar-refractivity contribution is 0.154. The van der Waals surface area contributed by atoms with Crippen molar-refractivity contribution in [2.45, 2.75) is 49.1 Å². The Morgan fingerprint density at radius 1 is 1.29 bits per heavy atom. The van der Waals surface area contributed by atoms with Crippen LogP contribution in [0, 0.1) is 0 Å². The molecule has 1 aliphatic carbocycles. The fourth-order valence-electron chi connectivity index (χ4n) is 2.80. The lowest BCUT2D eigenvalue weighted by atomic mass is 9.94. The first kappa shape index (κ1) is 13.6. The van der Waals surface area contributed by atoms with Crippen molar-refractivity contribution in [1.82, 2.24) is 5.32 Å². The second-order valence-electron chi connectivity index (χ2n) is 5.14. The predicted molar refractivity (Wildman–Crippen MR) is 71.1 cm³/mol. The normalized spacial score (nSPS) is 41.5. The highest BCUT2D eigenvalue weighted by molar-refractivity contribution is 7.99. The number of hydrogen-bond acceptors (Lipinski definition) is 5. The first-order valence-electron chi connectivity index (χ1n) is 6.17. The van der Waals surface area contributed by atoms with Gasteiger partial charge in [0.2, 0.25) is 0 Å². The molecule has 17 heavy (non-hydrogen) atoms. The number of rotatable bonds is 3. The van der Waals surface area contributed by atoms with Gasteiger partial charge in [0.15, 0.2) is 9.84 Å². The van der Waals surface area contributed by atoms with Gasteiger partial charge < -0.3 is 10.4 Å². The Morgan fingerprint density at radius 3 is 2.65 bits per heavy atom. The highest BCUT2D eigenvalue weighted by Gasteiger charge is 2.37. The van der Waals surface area contributed by atoms with E-state index in [-0.39, 0.29) is 17.5 Å². The fourth-order valence-corrected chi connectivity index (χ4v) is 5.38. The average Bonchev–Trinajstić information content (AvgIpc) is 2.52. The van der Waals surface area contributed by atoms with E-state index in [1.807, 2.05) is 11.8 Å². The molecule has 100 valence electrons. The van der Waals surface area contributed by atoms with E-state index in [1.54, 1.807) is 0 Å². The minimum absolute atomic E-state index is 0.0800. The van der Waals surface area contributed by atoms with Gasteiger partial charge in [-0.05, 0) is 25.5 Å². The van der Waals surface area contributed by atoms with Crippen molar-refractivity contribution < 1.29 is 13.5 Å². The van der Waals surface area contributed by atoms with E-state index in [9.17, 15) is 13.5 Å². The van der Waals surface area contributed by atoms with Crippen molar-refractivity contribution in [3.05, 3.63) is 0 Å². The Bertz CT molecular complexity index is 358. The third-order valence-corrected chi connectivity index (χ3v) is 6.54. The van der Waals surface area contributed by atoms with Gasteiger partial charge >= 0.3 is 0 Å². The SMILES string of the molecule is CSC1CCCC(NC2CS(=O)(=O)CC2O)C1. The molecule has 1 heterocycles. The summed E-state index contributed by atoms with van der Waals surface area (Å²) in [4.78, 5) is 0. The molecule has 4 unspecified atom stereocenters. The molecule has 0 amide bonds. The molecular weight excluding hydrogens is 258 g/mol. The van der Waals surface area contributed by atoms with Crippen LogP contribution in [0.5, 0.6) is 0 Å². The van der Waals surface area contributed by atoms with Gasteiger partial charge in [0.05, 0.1) is 17.6 Å². The van der Waals surface area contributed by atoms with Crippen LogP contribution in [0.3, 0.4) is 0 Å². The minimum Gasteiger partial charge on any atom is -0.390 e. The van der Waals surface area contributed by atoms with Crippen molar-refractivity contribution in [2.24, 2.45) is 0 Å². The Kier molecular flexibility index (Phi) is 4.39. The van der Waals surface area contributed by atoms with Crippen LogP contribution in [0.25, 0.3) is 0 Å². The number of thioether (sulfide) groups is 1. The van der Waals surface area contributed by atoms with Gasteiger partial charge in [-0.3, -0.25) is 0 Å². The summed E-state index contributed by atoms with van der Waals surface area (Å²) >= 11 is 1.89. The van der Waals surface area contributed by atoms with Gasteiger partial charge in [-0.2, -0.15) is 11.8 Å². The first-order valence-corrected chi connectivity index (χ1v) is 9.28. The van der Waals surface area contributed by atoms with E-state index in [4.69, 9.17) is 0 Å². The van der Waals surface area contributed by atoms with E-state index < -0.39 is 15.9 Å². The molecule has 1 aliphatic heterocycles. The van der Waals surface area contributed by atoms with E-state index >= 15 is 0 Å². The zero-order valence-corrected chi connectivity index (χ0v) is 11.8. The molecule has 2 aliphatic rings. The molecule has 1 saturated carbocycles. The standard InChI is InChI=1S/C11H21NO3S2/c1-16-9-4-2-3-8(5-9)12-10-6-17(14,15)7-11(10)13/h8-13H,2-7H2,1H3. The second-order valence-corrected chi connectivity index (χ2v) is 8.43. The largest absolute Gasteiger partial charge is 0.390 e. The summed E-state index contributed by atoms with van der Waals surface area (Å²) in [6, 6.07) is 0.111. The second kappa shape index (κ2) is 5.47. The van der Waals surface area contributed by atoms with Crippen LogP contribution >= 0.6 is 11.8 Å². The lowest BCUT2D eigenvalue weighted by Crippen LogP contribution is -2.47. The summed E-state index contributed by atoms with van der Waals surface area (Å²) in [6.45, 7) is 0. The average molecular weight is 279 g/mol. The Balaban J connectivity index is 1.89. The Hall–Kier alpha value is 0.220. The van der Waals surface area contributed by atoms with Gasteiger partial charge in [0.1, 0.15) is 0 Å². The van der Waals surface area contributed by atoms with E-state index in [1.165, 1.54) is 12.8 Å². The van der Waals surface area contributed by atoms with Crippen LogP contribution in [-0.4, -0.2) is 54.7 Å². The fraction of sp³-hybridized carbons (Fsp3) is 1.00. The summed E-state index contributed by atoms with van der Waals surface area (Å²) in [7, 11) is -3.03. The van der Waals surface area contributed by atoms with Gasteiger partial charge in [0.25, 0.3) is 0 Å². The van der Waals surface area contributed by atoms with Crippen LogP contribution in [0.2, 0.25) is 0 Å². The molecule has 0 aromatic rings. The summed E-state index contributed by atoms with van der Waals surface area (Å²) in [5, 5.41) is 13.8. The molecule has 2 fully saturated rings. The number of aliphatic hydroxyl groups is 1. The van der Waals surface area contributed by atoms with Crippen LogP contribution in [0.15, 0.2) is 0 Å². The van der Waals surface area contributed by atoms with E-state index in [0.29, 0.717) is 11.3 Å². The smallest absolute Gasteiger partial charge is 0.154 e. The lowest BCUT2D eigenvalue weighted by Gasteiger charge is -2.31. The predicted octanol–water partition coefficient (Wildman–Crippen LogP) is 0.408. The van der Waals surface area contributed by atoms with Crippen molar-refractivity contribution in [1.29, 1.82) is 0 Å². The van der Waals surface area contributed by atoms with Gasteiger partial charge in [-0.25, -0.2) is 8.42 Å². The van der Waals surface area contributed by atoms with E-state index in [2.05, 4.69) is 11.6 Å². The molecule has 0 aromatic heterocycles. The maximum absolute atomic E-state index is 11.4. The molecule has 2 rings (SSSR count). The molecule has 4 atom stereocenters. The first-order chi connectivity index (χ1) is 8.00. The topological polar surface area (TPSA) is 66.4 Å². The molecule has 6 heteroatoms. The third kappa shape index (κ3) is 3.59. The highest BCUT2D eigenvalue weighted by Crippen LogP contribution is 2.27. The number of nitrogens with one attached hydrogen (secondary N) is 1. The maximum atomic E-state index is 11.4. The Labute approximate surface area is 107 Å². The zero-order chi connectivity index (χ0) is 12.5. The number of aliphatic hydroxyl groups excluding tert-OH is 1. The summed E-state index contributed by atoms with van der Waals surface area (Å²) in [5.74, 6) is 0.0118. The molecule has 2 N–H and O–H groups in total. The summed E-state index contributed by atoms with van der Waals surface area (Å²) in [5.41, 5.74) is 0. The van der Waals surface area contributed by atoms with Crippen molar-refractivity contribution in [2.75, 3.05) is 17.8 Å².